The van der Waals surface area contributed by atoms with E-state index in [1.807, 2.05) is 18.2 Å². The summed E-state index contributed by atoms with van der Waals surface area (Å²) in [6, 6.07) is 9.57. The molecule has 2 atom stereocenters. The number of ether oxygens (including phenoxy) is 1. The van der Waals surface area contributed by atoms with Crippen LogP contribution in [0.2, 0.25) is 0 Å². The minimum absolute atomic E-state index is 0.112. The molecule has 0 spiro atoms. The van der Waals surface area contributed by atoms with E-state index in [2.05, 4.69) is 24.4 Å². The summed E-state index contributed by atoms with van der Waals surface area (Å²) in [5.41, 5.74) is 6.41. The minimum atomic E-state index is -0.597. The zero-order valence-electron chi connectivity index (χ0n) is 16.8. The second-order valence-electron chi connectivity index (χ2n) is 6.95. The van der Waals surface area contributed by atoms with Crippen LogP contribution < -0.4 is 11.1 Å². The number of aliphatic hydroxyl groups excluding tert-OH is 1. The van der Waals surface area contributed by atoms with E-state index in [9.17, 15) is 14.7 Å². The quantitative estimate of drug-likeness (QED) is 0.335. The molecule has 2 amide bonds. The molecule has 1 aromatic rings. The number of nitrogens with one attached hydrogen (secondary N) is 1. The molecule has 4 N–H and O–H groups in total. The van der Waals surface area contributed by atoms with Gasteiger partial charge in [0.15, 0.2) is 0 Å². The third-order valence-electron chi connectivity index (χ3n) is 4.61. The number of carbonyl (C=O) groups excluding carboxylic acids is 2. The summed E-state index contributed by atoms with van der Waals surface area (Å²) in [6.07, 6.45) is 8.70. The van der Waals surface area contributed by atoms with Gasteiger partial charge in [0.2, 0.25) is 5.91 Å². The monoisotopic (exact) mass is 390 g/mol. The van der Waals surface area contributed by atoms with Gasteiger partial charge in [0.05, 0.1) is 12.6 Å². The number of alkyl carbamates (subject to hydrolysis) is 1. The molecule has 0 heterocycles. The van der Waals surface area contributed by atoms with Gasteiger partial charge in [0, 0.05) is 18.6 Å². The summed E-state index contributed by atoms with van der Waals surface area (Å²) < 4.78 is 5.21. The zero-order valence-corrected chi connectivity index (χ0v) is 16.8. The van der Waals surface area contributed by atoms with Crippen molar-refractivity contribution in [2.75, 3.05) is 13.2 Å². The first-order valence-electron chi connectivity index (χ1n) is 10.1. The Bertz CT molecular complexity index is 589. The van der Waals surface area contributed by atoms with Crippen molar-refractivity contribution in [1.82, 2.24) is 5.32 Å². The molecule has 28 heavy (non-hydrogen) atoms. The number of rotatable bonds is 14. The maximum Gasteiger partial charge on any atom is 0.407 e. The van der Waals surface area contributed by atoms with Gasteiger partial charge in [-0.1, -0.05) is 62.6 Å². The fraction of sp³-hybridized carbons (Fsp3) is 0.545. The third-order valence-corrected chi connectivity index (χ3v) is 4.61. The topological polar surface area (TPSA) is 102 Å². The van der Waals surface area contributed by atoms with Gasteiger partial charge in [-0.05, 0) is 31.2 Å². The number of carbonyl (C=O) groups is 2. The van der Waals surface area contributed by atoms with Gasteiger partial charge in [0.25, 0.3) is 0 Å². The van der Waals surface area contributed by atoms with E-state index in [0.29, 0.717) is 13.0 Å². The maximum atomic E-state index is 12.1. The molecule has 6 heteroatoms. The van der Waals surface area contributed by atoms with Crippen LogP contribution in [0.25, 0.3) is 0 Å². The van der Waals surface area contributed by atoms with Crippen LogP contribution in [0.3, 0.4) is 0 Å². The van der Waals surface area contributed by atoms with Crippen molar-refractivity contribution < 1.29 is 19.4 Å². The normalized spacial score (nSPS) is 13.2. The van der Waals surface area contributed by atoms with Crippen LogP contribution in [0.4, 0.5) is 4.79 Å². The fourth-order valence-corrected chi connectivity index (χ4v) is 2.99. The van der Waals surface area contributed by atoms with Crippen molar-refractivity contribution in [3.05, 3.63) is 48.0 Å². The molecule has 6 nitrogen and oxygen atoms in total. The Morgan fingerprint density at radius 2 is 1.93 bits per heavy atom. The van der Waals surface area contributed by atoms with E-state index < -0.39 is 18.0 Å². The molecule has 1 aromatic carbocycles. The van der Waals surface area contributed by atoms with Gasteiger partial charge in [-0.2, -0.15) is 0 Å². The first-order valence-corrected chi connectivity index (χ1v) is 10.1. The summed E-state index contributed by atoms with van der Waals surface area (Å²) in [6.45, 7) is 2.37. The van der Waals surface area contributed by atoms with Crippen molar-refractivity contribution in [3.8, 4) is 0 Å². The van der Waals surface area contributed by atoms with E-state index >= 15 is 0 Å². The third kappa shape index (κ3) is 10.7. The molecular formula is C22H34N2O4. The molecule has 0 radical (unpaired) electrons. The summed E-state index contributed by atoms with van der Waals surface area (Å²) in [5, 5.41) is 12.5. The number of amides is 2. The Morgan fingerprint density at radius 1 is 1.18 bits per heavy atom. The Kier molecular flexibility index (Phi) is 12.4. The molecule has 0 saturated heterocycles. The average Bonchev–Trinajstić information content (AvgIpc) is 2.69. The van der Waals surface area contributed by atoms with E-state index in [4.69, 9.17) is 10.5 Å². The lowest BCUT2D eigenvalue weighted by Gasteiger charge is -2.24. The van der Waals surface area contributed by atoms with Crippen LogP contribution in [0, 0.1) is 5.92 Å². The molecule has 0 aliphatic carbocycles. The summed E-state index contributed by atoms with van der Waals surface area (Å²) in [5.74, 6) is -0.826. The lowest BCUT2D eigenvalue weighted by atomic mass is 9.93. The SMILES string of the molecule is CCCCCCOC(=O)NC(/C=C/C(N)=O)C(CO)CCCc1ccccc1. The predicted molar refractivity (Wildman–Crippen MR) is 111 cm³/mol. The van der Waals surface area contributed by atoms with E-state index in [-0.39, 0.29) is 12.5 Å². The average molecular weight is 391 g/mol. The number of hydrogen-bond donors (Lipinski definition) is 3. The highest BCUT2D eigenvalue weighted by atomic mass is 16.5. The van der Waals surface area contributed by atoms with Crippen LogP contribution in [-0.2, 0) is 16.0 Å². The number of aryl methyl sites for hydroxylation is 1. The van der Waals surface area contributed by atoms with Gasteiger partial charge >= 0.3 is 6.09 Å². The molecule has 0 saturated carbocycles. The van der Waals surface area contributed by atoms with Gasteiger partial charge in [-0.15, -0.1) is 0 Å². The van der Waals surface area contributed by atoms with Gasteiger partial charge in [0.1, 0.15) is 0 Å². The molecule has 0 fully saturated rings. The van der Waals surface area contributed by atoms with Gasteiger partial charge in [-0.3, -0.25) is 4.79 Å². The second kappa shape index (κ2) is 14.7. The molecule has 0 aromatic heterocycles. The van der Waals surface area contributed by atoms with E-state index in [1.54, 1.807) is 0 Å². The van der Waals surface area contributed by atoms with Crippen LogP contribution >= 0.6 is 0 Å². The maximum absolute atomic E-state index is 12.1. The van der Waals surface area contributed by atoms with Crippen molar-refractivity contribution >= 4 is 12.0 Å². The molecule has 1 rings (SSSR count). The van der Waals surface area contributed by atoms with Crippen molar-refractivity contribution in [1.29, 1.82) is 0 Å². The Labute approximate surface area is 168 Å². The molecular weight excluding hydrogens is 356 g/mol. The first kappa shape index (κ1) is 23.7. The Hall–Kier alpha value is -2.34. The highest BCUT2D eigenvalue weighted by Gasteiger charge is 2.21. The fourth-order valence-electron chi connectivity index (χ4n) is 2.99. The molecule has 156 valence electrons. The highest BCUT2D eigenvalue weighted by molar-refractivity contribution is 5.85. The van der Waals surface area contributed by atoms with Crippen LogP contribution in [-0.4, -0.2) is 36.4 Å². The predicted octanol–water partition coefficient (Wildman–Crippen LogP) is 3.33. The summed E-state index contributed by atoms with van der Waals surface area (Å²) in [7, 11) is 0. The van der Waals surface area contributed by atoms with Gasteiger partial charge < -0.3 is 20.9 Å². The van der Waals surface area contributed by atoms with Crippen molar-refractivity contribution in [2.45, 2.75) is 57.9 Å². The smallest absolute Gasteiger partial charge is 0.407 e. The van der Waals surface area contributed by atoms with Crippen LogP contribution in [0.15, 0.2) is 42.5 Å². The largest absolute Gasteiger partial charge is 0.450 e. The summed E-state index contributed by atoms with van der Waals surface area (Å²) >= 11 is 0. The molecule has 0 aliphatic rings. The number of nitrogens with two attached hydrogens (primary N) is 1. The second-order valence-corrected chi connectivity index (χ2v) is 6.95. The standard InChI is InChI=1S/C22H34N2O4/c1-2-3-4-8-16-28-22(27)24-20(14-15-21(23)26)19(17-25)13-9-12-18-10-6-5-7-11-18/h5-7,10-11,14-15,19-20,25H,2-4,8-9,12-13,16-17H2,1H3,(H2,23,26)(H,24,27)/b15-14+. The Balaban J connectivity index is 2.56. The molecule has 2 unspecified atom stereocenters. The van der Waals surface area contributed by atoms with Crippen molar-refractivity contribution in [3.63, 3.8) is 0 Å². The first-order chi connectivity index (χ1) is 13.6. The lowest BCUT2D eigenvalue weighted by Crippen LogP contribution is -2.41. The Morgan fingerprint density at radius 3 is 2.57 bits per heavy atom. The van der Waals surface area contributed by atoms with Gasteiger partial charge in [-0.25, -0.2) is 4.79 Å². The van der Waals surface area contributed by atoms with Crippen molar-refractivity contribution in [2.24, 2.45) is 11.7 Å². The van der Waals surface area contributed by atoms with Crippen LogP contribution in [0.1, 0.15) is 51.0 Å². The molecule has 0 aliphatic heterocycles. The number of aliphatic hydroxyl groups is 1. The number of unbranched alkanes of at least 4 members (excludes halogenated alkanes) is 3. The molecule has 0 bridgehead atoms. The lowest BCUT2D eigenvalue weighted by molar-refractivity contribution is -0.113. The van der Waals surface area contributed by atoms with Crippen LogP contribution in [0.5, 0.6) is 0 Å². The highest BCUT2D eigenvalue weighted by Crippen LogP contribution is 2.16. The number of benzene rings is 1. The number of hydrogen-bond acceptors (Lipinski definition) is 4. The minimum Gasteiger partial charge on any atom is -0.450 e. The summed E-state index contributed by atoms with van der Waals surface area (Å²) in [4.78, 5) is 23.2. The van der Waals surface area contributed by atoms with E-state index in [0.717, 1.165) is 38.5 Å². The van der Waals surface area contributed by atoms with E-state index in [1.165, 1.54) is 17.7 Å². The number of primary amides is 1. The zero-order chi connectivity index (χ0) is 20.6.